The van der Waals surface area contributed by atoms with Gasteiger partial charge in [-0.25, -0.2) is 0 Å². The van der Waals surface area contributed by atoms with Gasteiger partial charge in [-0.1, -0.05) is 11.6 Å². The number of anilines is 2. The molecule has 0 spiro atoms. The molecule has 7 nitrogen and oxygen atoms in total. The summed E-state index contributed by atoms with van der Waals surface area (Å²) in [7, 11) is 0. The Balaban J connectivity index is 1.64. The Bertz CT molecular complexity index is 637. The van der Waals surface area contributed by atoms with Gasteiger partial charge in [0.05, 0.1) is 35.7 Å². The maximum absolute atomic E-state index is 12.2. The van der Waals surface area contributed by atoms with Crippen molar-refractivity contribution < 1.29 is 19.1 Å². The highest BCUT2D eigenvalue weighted by Crippen LogP contribution is 2.36. The average molecular weight is 340 g/mol. The Morgan fingerprint density at radius 1 is 1.52 bits per heavy atom. The SMILES string of the molecule is CC1CN(C(=O)CNc2cc3c(cc2Cl)NC(=O)CO3)CCO1. The zero-order valence-corrected chi connectivity index (χ0v) is 13.5. The highest BCUT2D eigenvalue weighted by Gasteiger charge is 2.22. The van der Waals surface area contributed by atoms with E-state index in [0.29, 0.717) is 41.8 Å². The first kappa shape index (κ1) is 15.9. The quantitative estimate of drug-likeness (QED) is 0.868. The molecule has 23 heavy (non-hydrogen) atoms. The van der Waals surface area contributed by atoms with E-state index < -0.39 is 0 Å². The molecule has 0 aromatic heterocycles. The van der Waals surface area contributed by atoms with Gasteiger partial charge in [0.1, 0.15) is 5.75 Å². The Kier molecular flexibility index (Phi) is 4.58. The average Bonchev–Trinajstić information content (AvgIpc) is 2.52. The van der Waals surface area contributed by atoms with Crippen LogP contribution in [0.3, 0.4) is 0 Å². The van der Waals surface area contributed by atoms with Crippen molar-refractivity contribution in [2.45, 2.75) is 13.0 Å². The second-order valence-corrected chi connectivity index (χ2v) is 5.95. The van der Waals surface area contributed by atoms with Crippen LogP contribution in [0.2, 0.25) is 5.02 Å². The highest BCUT2D eigenvalue weighted by molar-refractivity contribution is 6.33. The van der Waals surface area contributed by atoms with Crippen LogP contribution in [0.4, 0.5) is 11.4 Å². The molecule has 0 radical (unpaired) electrons. The number of carbonyl (C=O) groups is 2. The molecule has 124 valence electrons. The highest BCUT2D eigenvalue weighted by atomic mass is 35.5. The van der Waals surface area contributed by atoms with Gasteiger partial charge in [0.15, 0.2) is 6.61 Å². The summed E-state index contributed by atoms with van der Waals surface area (Å²) in [5.41, 5.74) is 1.13. The minimum atomic E-state index is -0.217. The number of morpholine rings is 1. The minimum Gasteiger partial charge on any atom is -0.482 e. The molecular formula is C15H18ClN3O4. The summed E-state index contributed by atoms with van der Waals surface area (Å²) in [6, 6.07) is 3.30. The van der Waals surface area contributed by atoms with Gasteiger partial charge in [-0.3, -0.25) is 9.59 Å². The number of halogens is 1. The van der Waals surface area contributed by atoms with E-state index in [0.717, 1.165) is 0 Å². The van der Waals surface area contributed by atoms with Gasteiger partial charge in [-0.05, 0) is 13.0 Å². The van der Waals surface area contributed by atoms with Gasteiger partial charge in [0, 0.05) is 19.2 Å². The van der Waals surface area contributed by atoms with E-state index >= 15 is 0 Å². The van der Waals surface area contributed by atoms with Crippen LogP contribution in [0.1, 0.15) is 6.92 Å². The summed E-state index contributed by atoms with van der Waals surface area (Å²) in [6.45, 7) is 3.79. The van der Waals surface area contributed by atoms with Crippen LogP contribution in [0.15, 0.2) is 12.1 Å². The molecule has 3 rings (SSSR count). The predicted octanol–water partition coefficient (Wildman–Crippen LogP) is 1.33. The van der Waals surface area contributed by atoms with Crippen LogP contribution >= 0.6 is 11.6 Å². The monoisotopic (exact) mass is 339 g/mol. The number of hydrogen-bond acceptors (Lipinski definition) is 5. The molecule has 0 bridgehead atoms. The lowest BCUT2D eigenvalue weighted by molar-refractivity contribution is -0.136. The number of nitrogens with one attached hydrogen (secondary N) is 2. The summed E-state index contributed by atoms with van der Waals surface area (Å²) in [5, 5.41) is 6.13. The minimum absolute atomic E-state index is 0.0110. The summed E-state index contributed by atoms with van der Waals surface area (Å²) in [5.74, 6) is 0.304. The maximum Gasteiger partial charge on any atom is 0.262 e. The predicted molar refractivity (Wildman–Crippen MR) is 86.1 cm³/mol. The number of amides is 2. The Morgan fingerprint density at radius 3 is 3.13 bits per heavy atom. The van der Waals surface area contributed by atoms with Crippen molar-refractivity contribution in [1.29, 1.82) is 0 Å². The van der Waals surface area contributed by atoms with E-state index in [-0.39, 0.29) is 31.1 Å². The number of rotatable bonds is 3. The van der Waals surface area contributed by atoms with E-state index in [1.165, 1.54) is 0 Å². The molecule has 2 aliphatic heterocycles. The zero-order chi connectivity index (χ0) is 16.4. The summed E-state index contributed by atoms with van der Waals surface area (Å²) < 4.78 is 10.8. The van der Waals surface area contributed by atoms with Gasteiger partial charge < -0.3 is 25.0 Å². The molecule has 1 saturated heterocycles. The van der Waals surface area contributed by atoms with Crippen molar-refractivity contribution in [2.75, 3.05) is 43.5 Å². The van der Waals surface area contributed by atoms with Crippen molar-refractivity contribution >= 4 is 34.8 Å². The number of carbonyl (C=O) groups excluding carboxylic acids is 2. The van der Waals surface area contributed by atoms with Gasteiger partial charge in [0.2, 0.25) is 5.91 Å². The third-order valence-corrected chi connectivity index (χ3v) is 4.04. The third kappa shape index (κ3) is 3.68. The summed E-state index contributed by atoms with van der Waals surface area (Å²) in [4.78, 5) is 25.3. The van der Waals surface area contributed by atoms with Gasteiger partial charge in [-0.15, -0.1) is 0 Å². The summed E-state index contributed by atoms with van der Waals surface area (Å²) in [6.07, 6.45) is 0.0528. The molecule has 2 amide bonds. The molecule has 1 atom stereocenters. The maximum atomic E-state index is 12.2. The van der Waals surface area contributed by atoms with E-state index in [2.05, 4.69) is 10.6 Å². The van der Waals surface area contributed by atoms with Crippen molar-refractivity contribution in [3.63, 3.8) is 0 Å². The number of nitrogens with zero attached hydrogens (tertiary/aromatic N) is 1. The van der Waals surface area contributed by atoms with Crippen LogP contribution in [-0.2, 0) is 14.3 Å². The van der Waals surface area contributed by atoms with Crippen LogP contribution in [0.25, 0.3) is 0 Å². The smallest absolute Gasteiger partial charge is 0.262 e. The van der Waals surface area contributed by atoms with Crippen molar-refractivity contribution in [2.24, 2.45) is 0 Å². The molecule has 0 aliphatic carbocycles. The molecule has 2 heterocycles. The molecule has 2 N–H and O–H groups in total. The van der Waals surface area contributed by atoms with E-state index in [1.54, 1.807) is 17.0 Å². The van der Waals surface area contributed by atoms with E-state index in [1.807, 2.05) is 6.92 Å². The second-order valence-electron chi connectivity index (χ2n) is 5.54. The first-order valence-corrected chi connectivity index (χ1v) is 7.80. The van der Waals surface area contributed by atoms with Crippen LogP contribution in [0, 0.1) is 0 Å². The molecule has 2 aliphatic rings. The number of hydrogen-bond donors (Lipinski definition) is 2. The topological polar surface area (TPSA) is 79.9 Å². The van der Waals surface area contributed by atoms with Crippen molar-refractivity contribution in [1.82, 2.24) is 4.90 Å². The molecule has 0 saturated carbocycles. The lowest BCUT2D eigenvalue weighted by atomic mass is 10.2. The fraction of sp³-hybridized carbons (Fsp3) is 0.467. The fourth-order valence-electron chi connectivity index (χ4n) is 2.56. The van der Waals surface area contributed by atoms with Gasteiger partial charge in [-0.2, -0.15) is 0 Å². The number of ether oxygens (including phenoxy) is 2. The number of fused-ring (bicyclic) bond motifs is 1. The zero-order valence-electron chi connectivity index (χ0n) is 12.7. The standard InChI is InChI=1S/C15H18ClN3O4/c1-9-7-19(2-3-22-9)15(21)6-17-11-5-13-12(4-10(11)16)18-14(20)8-23-13/h4-5,9,17H,2-3,6-8H2,1H3,(H,18,20). The Labute approximate surface area is 138 Å². The van der Waals surface area contributed by atoms with Crippen molar-refractivity contribution in [3.8, 4) is 5.75 Å². The molecule has 1 fully saturated rings. The molecule has 1 unspecified atom stereocenters. The van der Waals surface area contributed by atoms with E-state index in [9.17, 15) is 9.59 Å². The Hall–Kier alpha value is -1.99. The molecule has 1 aromatic carbocycles. The third-order valence-electron chi connectivity index (χ3n) is 3.73. The Morgan fingerprint density at radius 2 is 2.35 bits per heavy atom. The van der Waals surface area contributed by atoms with Crippen LogP contribution < -0.4 is 15.4 Å². The summed E-state index contributed by atoms with van der Waals surface area (Å²) >= 11 is 6.19. The van der Waals surface area contributed by atoms with Gasteiger partial charge in [0.25, 0.3) is 5.91 Å². The van der Waals surface area contributed by atoms with Gasteiger partial charge >= 0.3 is 0 Å². The number of benzene rings is 1. The second kappa shape index (κ2) is 6.64. The lowest BCUT2D eigenvalue weighted by Gasteiger charge is -2.31. The molecular weight excluding hydrogens is 322 g/mol. The van der Waals surface area contributed by atoms with E-state index in [4.69, 9.17) is 21.1 Å². The van der Waals surface area contributed by atoms with Crippen molar-refractivity contribution in [3.05, 3.63) is 17.2 Å². The largest absolute Gasteiger partial charge is 0.482 e. The van der Waals surface area contributed by atoms with Crippen LogP contribution in [-0.4, -0.2) is 55.7 Å². The fourth-order valence-corrected chi connectivity index (χ4v) is 2.79. The van der Waals surface area contributed by atoms with Crippen LogP contribution in [0.5, 0.6) is 5.75 Å². The molecule has 8 heteroatoms. The molecule has 1 aromatic rings. The normalized spacial score (nSPS) is 20.3. The lowest BCUT2D eigenvalue weighted by Crippen LogP contribution is -2.46. The first-order valence-electron chi connectivity index (χ1n) is 7.42. The first-order chi connectivity index (χ1) is 11.0.